The van der Waals surface area contributed by atoms with E-state index in [-0.39, 0.29) is 11.4 Å². The predicted molar refractivity (Wildman–Crippen MR) is 60.1 cm³/mol. The smallest absolute Gasteiger partial charge is 0.362 e. The van der Waals surface area contributed by atoms with Gasteiger partial charge in [0.15, 0.2) is 0 Å². The Balaban J connectivity index is 2.19. The number of carbonyl (C=O) groups excluding carboxylic acids is 1. The van der Waals surface area contributed by atoms with Gasteiger partial charge in [-0.05, 0) is 12.1 Å². The molecule has 0 radical (unpaired) electrons. The maximum Gasteiger partial charge on any atom is 0.438 e. The third-order valence-corrected chi connectivity index (χ3v) is 3.00. The van der Waals surface area contributed by atoms with E-state index in [1.165, 1.54) is 0 Å². The molecule has 5 nitrogen and oxygen atoms in total. The first-order chi connectivity index (χ1) is 8.75. The third kappa shape index (κ3) is 2.23. The van der Waals surface area contributed by atoms with Crippen molar-refractivity contribution in [2.45, 2.75) is 24.7 Å². The van der Waals surface area contributed by atoms with Crippen molar-refractivity contribution >= 4 is 12.1 Å². The Hall–Kier alpha value is -1.83. The first kappa shape index (κ1) is 13.6. The van der Waals surface area contributed by atoms with E-state index >= 15 is 0 Å². The van der Waals surface area contributed by atoms with Gasteiger partial charge in [0.1, 0.15) is 0 Å². The second kappa shape index (κ2) is 4.37. The van der Waals surface area contributed by atoms with Gasteiger partial charge >= 0.3 is 6.18 Å². The summed E-state index contributed by atoms with van der Waals surface area (Å²) in [5, 5.41) is 13.1. The van der Waals surface area contributed by atoms with Crippen molar-refractivity contribution < 1.29 is 23.1 Å². The van der Waals surface area contributed by atoms with Gasteiger partial charge in [0, 0.05) is 31.6 Å². The Kier molecular flexibility index (Phi) is 3.13. The highest BCUT2D eigenvalue weighted by Gasteiger charge is 2.61. The average Bonchev–Trinajstić information content (AvgIpc) is 2.86. The van der Waals surface area contributed by atoms with Gasteiger partial charge in [0.2, 0.25) is 0 Å². The van der Waals surface area contributed by atoms with Crippen LogP contribution < -0.4 is 0 Å². The number of aryl methyl sites for hydroxylation is 1. The van der Waals surface area contributed by atoms with Gasteiger partial charge in [0.25, 0.3) is 11.6 Å². The van der Waals surface area contributed by atoms with Crippen LogP contribution in [-0.4, -0.2) is 38.7 Å². The number of amides is 1. The number of aliphatic hydroxyl groups is 1. The Morgan fingerprint density at radius 1 is 1.58 bits per heavy atom. The van der Waals surface area contributed by atoms with Gasteiger partial charge in [-0.1, -0.05) is 0 Å². The minimum absolute atomic E-state index is 0.111. The highest BCUT2D eigenvalue weighted by molar-refractivity contribution is 5.82. The zero-order chi connectivity index (χ0) is 14.3. The molecule has 0 unspecified atom stereocenters. The lowest BCUT2D eigenvalue weighted by Crippen LogP contribution is -2.56. The van der Waals surface area contributed by atoms with E-state index < -0.39 is 24.2 Å². The zero-order valence-electron chi connectivity index (χ0n) is 10.1. The summed E-state index contributed by atoms with van der Waals surface area (Å²) < 4.78 is 40.0. The first-order valence-electron chi connectivity index (χ1n) is 5.50. The van der Waals surface area contributed by atoms with E-state index in [1.54, 1.807) is 29.9 Å². The minimum atomic E-state index is -4.95. The molecule has 0 spiro atoms. The van der Waals surface area contributed by atoms with Crippen molar-refractivity contribution in [1.82, 2.24) is 9.58 Å². The van der Waals surface area contributed by atoms with Gasteiger partial charge < -0.3 is 9.67 Å². The normalized spacial score (nSPS) is 23.1. The summed E-state index contributed by atoms with van der Waals surface area (Å²) in [5.41, 5.74) is -2.70. The number of hydrogen-bond donors (Lipinski definition) is 1. The summed E-state index contributed by atoms with van der Waals surface area (Å²) in [6.07, 6.45) is -3.41. The Bertz CT molecular complexity index is 524. The molecule has 0 bridgehead atoms. The molecule has 1 aliphatic heterocycles. The Labute approximate surface area is 106 Å². The average molecular weight is 275 g/mol. The lowest BCUT2D eigenvalue weighted by Gasteiger charge is -2.32. The molecule has 1 aromatic heterocycles. The van der Waals surface area contributed by atoms with E-state index in [0.717, 1.165) is 6.21 Å². The molecule has 19 heavy (non-hydrogen) atoms. The molecule has 8 heteroatoms. The lowest BCUT2D eigenvalue weighted by atomic mass is 10.1. The number of carbonyl (C=O) groups is 1. The fourth-order valence-electron chi connectivity index (χ4n) is 1.85. The molecule has 0 aliphatic carbocycles. The molecule has 1 aliphatic rings. The summed E-state index contributed by atoms with van der Waals surface area (Å²) >= 11 is 0. The molecular weight excluding hydrogens is 263 g/mol. The molecule has 0 fully saturated rings. The van der Waals surface area contributed by atoms with Gasteiger partial charge in [-0.15, -0.1) is 0 Å². The van der Waals surface area contributed by atoms with Gasteiger partial charge in [-0.3, -0.25) is 4.79 Å². The fourth-order valence-corrected chi connectivity index (χ4v) is 1.85. The molecule has 1 N–H and O–H groups in total. The van der Waals surface area contributed by atoms with Crippen molar-refractivity contribution in [1.29, 1.82) is 0 Å². The number of aromatic nitrogens is 1. The summed E-state index contributed by atoms with van der Waals surface area (Å²) in [6.45, 7) is 0. The van der Waals surface area contributed by atoms with Gasteiger partial charge in [-0.2, -0.15) is 23.3 Å². The monoisotopic (exact) mass is 275 g/mol. The first-order valence-corrected chi connectivity index (χ1v) is 5.50. The molecule has 104 valence electrons. The predicted octanol–water partition coefficient (Wildman–Crippen LogP) is 1.04. The molecule has 1 aromatic rings. The summed E-state index contributed by atoms with van der Waals surface area (Å²) in [4.78, 5) is 11.9. The van der Waals surface area contributed by atoms with E-state index in [2.05, 4.69) is 5.10 Å². The Morgan fingerprint density at radius 2 is 2.26 bits per heavy atom. The van der Waals surface area contributed by atoms with Crippen LogP contribution in [0.2, 0.25) is 0 Å². The highest BCUT2D eigenvalue weighted by Crippen LogP contribution is 2.38. The maximum atomic E-state index is 12.8. The largest absolute Gasteiger partial charge is 0.438 e. The summed E-state index contributed by atoms with van der Waals surface area (Å²) in [7, 11) is 1.67. The van der Waals surface area contributed by atoms with E-state index in [0.29, 0.717) is 5.69 Å². The SMILES string of the molecule is Cn1cccc1CC(=O)N1N=CC[C@@]1(O)C(F)(F)F. The van der Waals surface area contributed by atoms with Crippen molar-refractivity contribution in [3.8, 4) is 0 Å². The minimum Gasteiger partial charge on any atom is -0.362 e. The number of halogens is 3. The number of alkyl halides is 3. The van der Waals surface area contributed by atoms with Crippen LogP contribution in [0.5, 0.6) is 0 Å². The molecule has 1 amide bonds. The van der Waals surface area contributed by atoms with Crippen molar-refractivity contribution in [2.24, 2.45) is 12.1 Å². The number of rotatable bonds is 2. The second-order valence-corrected chi connectivity index (χ2v) is 4.31. The molecular formula is C11H12F3N3O2. The Morgan fingerprint density at radius 3 is 2.79 bits per heavy atom. The fraction of sp³-hybridized carbons (Fsp3) is 0.455. The summed E-state index contributed by atoms with van der Waals surface area (Å²) in [5.74, 6) is -0.907. The van der Waals surface area contributed by atoms with Crippen LogP contribution in [0, 0.1) is 0 Å². The van der Waals surface area contributed by atoms with Crippen LogP contribution in [-0.2, 0) is 18.3 Å². The third-order valence-electron chi connectivity index (χ3n) is 3.00. The van der Waals surface area contributed by atoms with Crippen LogP contribution in [0.3, 0.4) is 0 Å². The zero-order valence-corrected chi connectivity index (χ0v) is 10.1. The molecule has 2 heterocycles. The van der Waals surface area contributed by atoms with Crippen LogP contribution >= 0.6 is 0 Å². The lowest BCUT2D eigenvalue weighted by molar-refractivity contribution is -0.302. The van der Waals surface area contributed by atoms with Crippen LogP contribution in [0.15, 0.2) is 23.4 Å². The van der Waals surface area contributed by atoms with Crippen molar-refractivity contribution in [3.05, 3.63) is 24.0 Å². The standard InChI is InChI=1S/C11H12F3N3O2/c1-16-6-2-3-8(16)7-9(18)17-10(19,4-5-15-17)11(12,13)14/h2-3,5-6,19H,4,7H2,1H3/t10-/m1/s1. The molecule has 0 saturated heterocycles. The van der Waals surface area contributed by atoms with E-state index in [4.69, 9.17) is 0 Å². The highest BCUT2D eigenvalue weighted by atomic mass is 19.4. The number of hydrazone groups is 1. The molecule has 0 saturated carbocycles. The van der Waals surface area contributed by atoms with E-state index in [1.807, 2.05) is 0 Å². The second-order valence-electron chi connectivity index (χ2n) is 4.31. The quantitative estimate of drug-likeness (QED) is 0.876. The molecule has 0 aromatic carbocycles. The van der Waals surface area contributed by atoms with Crippen molar-refractivity contribution in [2.75, 3.05) is 0 Å². The topological polar surface area (TPSA) is 57.8 Å². The maximum absolute atomic E-state index is 12.8. The van der Waals surface area contributed by atoms with Crippen LogP contribution in [0.25, 0.3) is 0 Å². The summed E-state index contributed by atoms with van der Waals surface area (Å²) in [6, 6.07) is 3.29. The van der Waals surface area contributed by atoms with E-state index in [9.17, 15) is 23.1 Å². The van der Waals surface area contributed by atoms with Gasteiger partial charge in [0.05, 0.1) is 6.42 Å². The number of nitrogens with zero attached hydrogens (tertiary/aromatic N) is 3. The van der Waals surface area contributed by atoms with Crippen LogP contribution in [0.1, 0.15) is 12.1 Å². The number of hydrogen-bond acceptors (Lipinski definition) is 3. The molecule has 2 rings (SSSR count). The molecule has 1 atom stereocenters. The van der Waals surface area contributed by atoms with Crippen LogP contribution in [0.4, 0.5) is 13.2 Å². The van der Waals surface area contributed by atoms with Crippen molar-refractivity contribution in [3.63, 3.8) is 0 Å². The van der Waals surface area contributed by atoms with Gasteiger partial charge in [-0.25, -0.2) is 0 Å².